The summed E-state index contributed by atoms with van der Waals surface area (Å²) in [5, 5.41) is 4.29. The molecule has 1 aromatic rings. The van der Waals surface area contributed by atoms with Crippen LogP contribution in [0.3, 0.4) is 0 Å². The molecule has 1 heterocycles. The Bertz CT molecular complexity index is 361. The van der Waals surface area contributed by atoms with Crippen LogP contribution in [0.2, 0.25) is 0 Å². The van der Waals surface area contributed by atoms with Crippen LogP contribution < -0.4 is 10.2 Å². The number of benzene rings is 1. The van der Waals surface area contributed by atoms with Crippen LogP contribution in [0.25, 0.3) is 0 Å². The first-order chi connectivity index (χ1) is 7.51. The molecular formula is C13H20N2S. The smallest absolute Gasteiger partial charge is 0.0876 e. The van der Waals surface area contributed by atoms with Crippen LogP contribution in [0.5, 0.6) is 0 Å². The summed E-state index contributed by atoms with van der Waals surface area (Å²) in [6, 6.07) is 8.83. The Morgan fingerprint density at radius 2 is 1.94 bits per heavy atom. The highest BCUT2D eigenvalue weighted by atomic mass is 32.2. The van der Waals surface area contributed by atoms with Crippen molar-refractivity contribution in [3.63, 3.8) is 0 Å². The number of nitrogens with zero attached hydrogens (tertiary/aromatic N) is 1. The molecule has 2 rings (SSSR count). The zero-order valence-corrected chi connectivity index (χ0v) is 11.3. The van der Waals surface area contributed by atoms with Gasteiger partial charge in [0, 0.05) is 31.6 Å². The van der Waals surface area contributed by atoms with E-state index >= 15 is 0 Å². The standard InChI is InChI=1S/C13H20N2S/c1-10-9-14-13(2,16-10)11-5-7-12(8-6-11)15(3)4/h5-8,10,14H,9H2,1-4H3. The Kier molecular flexibility index (Phi) is 3.17. The number of anilines is 1. The van der Waals surface area contributed by atoms with E-state index in [1.807, 2.05) is 11.8 Å². The maximum absolute atomic E-state index is 3.60. The van der Waals surface area contributed by atoms with Crippen molar-refractivity contribution in [3.05, 3.63) is 29.8 Å². The van der Waals surface area contributed by atoms with E-state index in [1.54, 1.807) is 0 Å². The van der Waals surface area contributed by atoms with Gasteiger partial charge in [0.25, 0.3) is 0 Å². The van der Waals surface area contributed by atoms with E-state index < -0.39 is 0 Å². The van der Waals surface area contributed by atoms with Crippen LogP contribution in [0.1, 0.15) is 19.4 Å². The Morgan fingerprint density at radius 1 is 1.31 bits per heavy atom. The van der Waals surface area contributed by atoms with Crippen LogP contribution in [0, 0.1) is 0 Å². The molecule has 1 aliphatic heterocycles. The van der Waals surface area contributed by atoms with E-state index in [2.05, 4.69) is 62.4 Å². The lowest BCUT2D eigenvalue weighted by atomic mass is 10.1. The van der Waals surface area contributed by atoms with Crippen molar-refractivity contribution < 1.29 is 0 Å². The second kappa shape index (κ2) is 4.30. The van der Waals surface area contributed by atoms with E-state index in [0.29, 0.717) is 5.25 Å². The van der Waals surface area contributed by atoms with Crippen LogP contribution >= 0.6 is 11.8 Å². The summed E-state index contributed by atoms with van der Waals surface area (Å²) >= 11 is 2.01. The maximum atomic E-state index is 3.60. The number of rotatable bonds is 2. The number of hydrogen-bond acceptors (Lipinski definition) is 3. The minimum atomic E-state index is 0.0876. The average Bonchev–Trinajstić information content (AvgIpc) is 2.60. The normalized spacial score (nSPS) is 29.4. The van der Waals surface area contributed by atoms with Crippen molar-refractivity contribution >= 4 is 17.4 Å². The fourth-order valence-corrected chi connectivity index (χ4v) is 3.48. The van der Waals surface area contributed by atoms with Crippen LogP contribution in [0.15, 0.2) is 24.3 Å². The molecule has 1 saturated heterocycles. The summed E-state index contributed by atoms with van der Waals surface area (Å²) in [6.45, 7) is 5.64. The highest BCUT2D eigenvalue weighted by Crippen LogP contribution is 2.40. The summed E-state index contributed by atoms with van der Waals surface area (Å²) < 4.78 is 0. The molecule has 0 saturated carbocycles. The fraction of sp³-hybridized carbons (Fsp3) is 0.538. The quantitative estimate of drug-likeness (QED) is 0.850. The van der Waals surface area contributed by atoms with Crippen molar-refractivity contribution in [2.45, 2.75) is 24.0 Å². The number of nitrogens with one attached hydrogen (secondary N) is 1. The Labute approximate surface area is 102 Å². The van der Waals surface area contributed by atoms with Crippen molar-refractivity contribution in [2.75, 3.05) is 25.5 Å². The van der Waals surface area contributed by atoms with Crippen LogP contribution in [0.4, 0.5) is 5.69 Å². The summed E-state index contributed by atoms with van der Waals surface area (Å²) in [4.78, 5) is 2.22. The van der Waals surface area contributed by atoms with Gasteiger partial charge in [0.05, 0.1) is 4.87 Å². The summed E-state index contributed by atoms with van der Waals surface area (Å²) in [5.41, 5.74) is 2.62. The summed E-state index contributed by atoms with van der Waals surface area (Å²) in [5.74, 6) is 0. The third kappa shape index (κ3) is 2.20. The second-order valence-electron chi connectivity index (χ2n) is 4.78. The van der Waals surface area contributed by atoms with Gasteiger partial charge in [-0.15, -0.1) is 11.8 Å². The fourth-order valence-electron chi connectivity index (χ4n) is 2.07. The van der Waals surface area contributed by atoms with Crippen molar-refractivity contribution in [1.29, 1.82) is 0 Å². The van der Waals surface area contributed by atoms with Crippen LogP contribution in [-0.2, 0) is 4.87 Å². The first kappa shape index (κ1) is 11.8. The van der Waals surface area contributed by atoms with Crippen LogP contribution in [-0.4, -0.2) is 25.9 Å². The highest BCUT2D eigenvalue weighted by Gasteiger charge is 2.34. The predicted molar refractivity (Wildman–Crippen MR) is 73.2 cm³/mol. The lowest BCUT2D eigenvalue weighted by Crippen LogP contribution is -2.30. The number of thioether (sulfide) groups is 1. The minimum Gasteiger partial charge on any atom is -0.378 e. The zero-order valence-electron chi connectivity index (χ0n) is 10.4. The van der Waals surface area contributed by atoms with Gasteiger partial charge in [-0.2, -0.15) is 0 Å². The van der Waals surface area contributed by atoms with Crippen molar-refractivity contribution in [3.8, 4) is 0 Å². The van der Waals surface area contributed by atoms with Gasteiger partial charge in [-0.25, -0.2) is 0 Å². The topological polar surface area (TPSA) is 15.3 Å². The van der Waals surface area contributed by atoms with E-state index in [1.165, 1.54) is 11.3 Å². The van der Waals surface area contributed by atoms with Gasteiger partial charge < -0.3 is 4.90 Å². The molecule has 16 heavy (non-hydrogen) atoms. The molecule has 3 heteroatoms. The molecule has 0 bridgehead atoms. The average molecular weight is 236 g/mol. The molecule has 1 N–H and O–H groups in total. The van der Waals surface area contributed by atoms with E-state index in [0.717, 1.165) is 6.54 Å². The van der Waals surface area contributed by atoms with Gasteiger partial charge in [-0.3, -0.25) is 5.32 Å². The Morgan fingerprint density at radius 3 is 2.38 bits per heavy atom. The first-order valence-electron chi connectivity index (χ1n) is 5.72. The van der Waals surface area contributed by atoms with Gasteiger partial charge in [-0.05, 0) is 24.6 Å². The summed E-state index contributed by atoms with van der Waals surface area (Å²) in [6.07, 6.45) is 0. The third-order valence-corrected chi connectivity index (χ3v) is 4.52. The largest absolute Gasteiger partial charge is 0.378 e. The molecule has 0 aromatic heterocycles. The molecule has 0 radical (unpaired) electrons. The lowest BCUT2D eigenvalue weighted by Gasteiger charge is -2.25. The Balaban J connectivity index is 2.21. The lowest BCUT2D eigenvalue weighted by molar-refractivity contribution is 0.564. The van der Waals surface area contributed by atoms with E-state index in [9.17, 15) is 0 Å². The SMILES string of the molecule is CC1CNC(C)(c2ccc(N(C)C)cc2)S1. The molecule has 88 valence electrons. The van der Waals surface area contributed by atoms with Gasteiger partial charge in [0.1, 0.15) is 0 Å². The molecule has 2 nitrogen and oxygen atoms in total. The van der Waals surface area contributed by atoms with Gasteiger partial charge in [0.2, 0.25) is 0 Å². The minimum absolute atomic E-state index is 0.0876. The zero-order chi connectivity index (χ0) is 11.8. The predicted octanol–water partition coefficient (Wildman–Crippen LogP) is 2.65. The molecular weight excluding hydrogens is 216 g/mol. The van der Waals surface area contributed by atoms with Gasteiger partial charge in [-0.1, -0.05) is 19.1 Å². The van der Waals surface area contributed by atoms with E-state index in [4.69, 9.17) is 0 Å². The van der Waals surface area contributed by atoms with Gasteiger partial charge in [0.15, 0.2) is 0 Å². The monoisotopic (exact) mass is 236 g/mol. The molecule has 0 aliphatic carbocycles. The maximum Gasteiger partial charge on any atom is 0.0876 e. The Hall–Kier alpha value is -0.670. The summed E-state index contributed by atoms with van der Waals surface area (Å²) in [7, 11) is 4.14. The van der Waals surface area contributed by atoms with Gasteiger partial charge >= 0.3 is 0 Å². The van der Waals surface area contributed by atoms with E-state index in [-0.39, 0.29) is 4.87 Å². The van der Waals surface area contributed by atoms with Crippen molar-refractivity contribution in [1.82, 2.24) is 5.32 Å². The molecule has 0 spiro atoms. The molecule has 1 aromatic carbocycles. The first-order valence-corrected chi connectivity index (χ1v) is 6.60. The molecule has 1 fully saturated rings. The molecule has 1 aliphatic rings. The molecule has 0 amide bonds. The molecule has 2 atom stereocenters. The third-order valence-electron chi connectivity index (χ3n) is 3.10. The second-order valence-corrected chi connectivity index (χ2v) is 6.64. The highest BCUT2D eigenvalue weighted by molar-refractivity contribution is 8.01. The van der Waals surface area contributed by atoms with Crippen molar-refractivity contribution in [2.24, 2.45) is 0 Å². The number of hydrogen-bond donors (Lipinski definition) is 1. The molecule has 2 unspecified atom stereocenters.